The molecule has 6 nitrogen and oxygen atoms in total. The van der Waals surface area contributed by atoms with E-state index in [-0.39, 0.29) is 17.5 Å². The first-order chi connectivity index (χ1) is 14.1. The topological polar surface area (TPSA) is 72.4 Å². The molecular weight excluding hydrogens is 366 g/mol. The maximum absolute atomic E-state index is 13.2. The third kappa shape index (κ3) is 4.17. The smallest absolute Gasteiger partial charge is 0.263 e. The van der Waals surface area contributed by atoms with Crippen LogP contribution in [0.4, 0.5) is 0 Å². The molecular formula is C23H25N3O3. The molecule has 0 unspecified atom stereocenters. The van der Waals surface area contributed by atoms with Crippen LogP contribution in [-0.2, 0) is 0 Å². The molecule has 0 spiro atoms. The molecule has 4 rings (SSSR count). The first-order valence-corrected chi connectivity index (χ1v) is 9.91. The fourth-order valence-corrected chi connectivity index (χ4v) is 3.28. The van der Waals surface area contributed by atoms with Crippen LogP contribution in [0.25, 0.3) is 16.5 Å². The standard InChI is InChI=1S/C23H25N3O3/c1-15-3-4-17(22(27)25-18-6-7-18)13-21(15)26-11-9-16-5-8-19(29-12-10-24-2)14-20(16)23(26)28/h3-5,8-9,11,13-14,18,24H,6-7,10,12H2,1-2H3,(H,25,27). The lowest BCUT2D eigenvalue weighted by Gasteiger charge is -2.13. The Kier molecular flexibility index (Phi) is 5.36. The van der Waals surface area contributed by atoms with E-state index in [1.165, 1.54) is 0 Å². The molecule has 29 heavy (non-hydrogen) atoms. The summed E-state index contributed by atoms with van der Waals surface area (Å²) in [5.41, 5.74) is 2.07. The van der Waals surface area contributed by atoms with Crippen molar-refractivity contribution >= 4 is 16.7 Å². The summed E-state index contributed by atoms with van der Waals surface area (Å²) in [6.45, 7) is 3.19. The number of hydrogen-bond donors (Lipinski definition) is 2. The summed E-state index contributed by atoms with van der Waals surface area (Å²) in [5.74, 6) is 0.569. The molecule has 150 valence electrons. The predicted molar refractivity (Wildman–Crippen MR) is 114 cm³/mol. The Morgan fingerprint density at radius 2 is 2.00 bits per heavy atom. The van der Waals surface area contributed by atoms with E-state index < -0.39 is 0 Å². The van der Waals surface area contributed by atoms with Gasteiger partial charge in [0.25, 0.3) is 11.5 Å². The summed E-state index contributed by atoms with van der Waals surface area (Å²) in [7, 11) is 1.86. The van der Waals surface area contributed by atoms with E-state index in [9.17, 15) is 9.59 Å². The SMILES string of the molecule is CNCCOc1ccc2ccn(-c3cc(C(=O)NC4CC4)ccc3C)c(=O)c2c1. The van der Waals surface area contributed by atoms with Gasteiger partial charge in [-0.2, -0.15) is 0 Å². The lowest BCUT2D eigenvalue weighted by atomic mass is 10.1. The van der Waals surface area contributed by atoms with Crippen molar-refractivity contribution in [2.75, 3.05) is 20.2 Å². The van der Waals surface area contributed by atoms with Crippen LogP contribution >= 0.6 is 0 Å². The molecule has 1 saturated carbocycles. The maximum atomic E-state index is 13.2. The number of hydrogen-bond acceptors (Lipinski definition) is 4. The van der Waals surface area contributed by atoms with Crippen molar-refractivity contribution < 1.29 is 9.53 Å². The zero-order valence-corrected chi connectivity index (χ0v) is 16.7. The number of fused-ring (bicyclic) bond motifs is 1. The minimum Gasteiger partial charge on any atom is -0.492 e. The summed E-state index contributed by atoms with van der Waals surface area (Å²) >= 11 is 0. The van der Waals surface area contributed by atoms with Crippen LogP contribution < -0.4 is 20.9 Å². The van der Waals surface area contributed by atoms with E-state index in [2.05, 4.69) is 10.6 Å². The maximum Gasteiger partial charge on any atom is 0.263 e. The Bertz CT molecular complexity index is 1120. The number of pyridine rings is 1. The predicted octanol–water partition coefficient (Wildman–Crippen LogP) is 2.79. The van der Waals surface area contributed by atoms with Crippen LogP contribution in [0.15, 0.2) is 53.5 Å². The van der Waals surface area contributed by atoms with E-state index in [1.54, 1.807) is 29.0 Å². The van der Waals surface area contributed by atoms with E-state index in [0.717, 1.165) is 30.3 Å². The van der Waals surface area contributed by atoms with Crippen molar-refractivity contribution in [1.82, 2.24) is 15.2 Å². The number of amides is 1. The lowest BCUT2D eigenvalue weighted by Crippen LogP contribution is -2.26. The summed E-state index contributed by atoms with van der Waals surface area (Å²) in [6, 6.07) is 13.2. The van der Waals surface area contributed by atoms with Crippen molar-refractivity contribution in [2.45, 2.75) is 25.8 Å². The van der Waals surface area contributed by atoms with Crippen LogP contribution in [0.2, 0.25) is 0 Å². The molecule has 2 aromatic carbocycles. The number of aromatic nitrogens is 1. The Morgan fingerprint density at radius 3 is 2.76 bits per heavy atom. The highest BCUT2D eigenvalue weighted by atomic mass is 16.5. The molecule has 1 amide bonds. The summed E-state index contributed by atoms with van der Waals surface area (Å²) in [5, 5.41) is 7.47. The number of likely N-dealkylation sites (N-methyl/N-ethyl adjacent to an activating group) is 1. The molecule has 1 aromatic heterocycles. The van der Waals surface area contributed by atoms with Gasteiger partial charge in [0.15, 0.2) is 0 Å². The molecule has 0 aliphatic heterocycles. The fraction of sp³-hybridized carbons (Fsp3) is 0.304. The van der Waals surface area contributed by atoms with Gasteiger partial charge in [-0.25, -0.2) is 0 Å². The largest absolute Gasteiger partial charge is 0.492 e. The van der Waals surface area contributed by atoms with Crippen molar-refractivity contribution in [3.63, 3.8) is 0 Å². The molecule has 1 aliphatic carbocycles. The molecule has 0 radical (unpaired) electrons. The Balaban J connectivity index is 1.72. The summed E-state index contributed by atoms with van der Waals surface area (Å²) in [6.07, 6.45) is 3.83. The molecule has 0 atom stereocenters. The highest BCUT2D eigenvalue weighted by molar-refractivity contribution is 5.95. The molecule has 1 fully saturated rings. The normalized spacial score (nSPS) is 13.4. The minimum atomic E-state index is -0.135. The molecule has 1 heterocycles. The van der Waals surface area contributed by atoms with Gasteiger partial charge in [0.1, 0.15) is 12.4 Å². The number of benzene rings is 2. The van der Waals surface area contributed by atoms with Gasteiger partial charge < -0.3 is 15.4 Å². The molecule has 0 saturated heterocycles. The number of carbonyl (C=O) groups is 1. The first-order valence-electron chi connectivity index (χ1n) is 9.91. The zero-order chi connectivity index (χ0) is 20.4. The van der Waals surface area contributed by atoms with Gasteiger partial charge in [0.05, 0.1) is 11.1 Å². The lowest BCUT2D eigenvalue weighted by molar-refractivity contribution is 0.0951. The number of ether oxygens (including phenoxy) is 1. The third-order valence-corrected chi connectivity index (χ3v) is 5.14. The van der Waals surface area contributed by atoms with Crippen LogP contribution in [0.5, 0.6) is 5.75 Å². The van der Waals surface area contributed by atoms with E-state index in [0.29, 0.717) is 29.0 Å². The highest BCUT2D eigenvalue weighted by Gasteiger charge is 2.24. The van der Waals surface area contributed by atoms with Gasteiger partial charge in [-0.15, -0.1) is 0 Å². The van der Waals surface area contributed by atoms with Gasteiger partial charge in [-0.1, -0.05) is 12.1 Å². The van der Waals surface area contributed by atoms with Crippen LogP contribution in [0.3, 0.4) is 0 Å². The second kappa shape index (κ2) is 8.09. The molecule has 3 aromatic rings. The zero-order valence-electron chi connectivity index (χ0n) is 16.7. The van der Waals surface area contributed by atoms with Crippen molar-refractivity contribution in [2.24, 2.45) is 0 Å². The number of nitrogens with zero attached hydrogens (tertiary/aromatic N) is 1. The Labute approximate surface area is 169 Å². The first kappa shape index (κ1) is 19.2. The quantitative estimate of drug-likeness (QED) is 0.608. The molecule has 2 N–H and O–H groups in total. The van der Waals surface area contributed by atoms with Gasteiger partial charge in [-0.3, -0.25) is 14.2 Å². The highest BCUT2D eigenvalue weighted by Crippen LogP contribution is 2.22. The van der Waals surface area contributed by atoms with E-state index in [4.69, 9.17) is 4.74 Å². The third-order valence-electron chi connectivity index (χ3n) is 5.14. The Morgan fingerprint density at radius 1 is 1.17 bits per heavy atom. The fourth-order valence-electron chi connectivity index (χ4n) is 3.28. The second-order valence-electron chi connectivity index (χ2n) is 7.44. The van der Waals surface area contributed by atoms with Gasteiger partial charge >= 0.3 is 0 Å². The van der Waals surface area contributed by atoms with Crippen molar-refractivity contribution in [1.29, 1.82) is 0 Å². The molecule has 6 heteroatoms. The van der Waals surface area contributed by atoms with E-state index >= 15 is 0 Å². The van der Waals surface area contributed by atoms with Gasteiger partial charge in [0.2, 0.25) is 0 Å². The monoisotopic (exact) mass is 391 g/mol. The van der Waals surface area contributed by atoms with Gasteiger partial charge in [0, 0.05) is 24.3 Å². The average Bonchev–Trinajstić information content (AvgIpc) is 3.53. The minimum absolute atomic E-state index is 0.0946. The van der Waals surface area contributed by atoms with Crippen molar-refractivity contribution in [3.8, 4) is 11.4 Å². The van der Waals surface area contributed by atoms with Crippen LogP contribution in [-0.4, -0.2) is 36.7 Å². The van der Waals surface area contributed by atoms with Crippen LogP contribution in [0.1, 0.15) is 28.8 Å². The van der Waals surface area contributed by atoms with Crippen molar-refractivity contribution in [3.05, 3.63) is 70.1 Å². The number of aryl methyl sites for hydroxylation is 1. The van der Waals surface area contributed by atoms with E-state index in [1.807, 2.05) is 38.2 Å². The van der Waals surface area contributed by atoms with Crippen LogP contribution in [0, 0.1) is 6.92 Å². The Hall–Kier alpha value is -3.12. The number of rotatable bonds is 7. The summed E-state index contributed by atoms with van der Waals surface area (Å²) < 4.78 is 7.31. The average molecular weight is 391 g/mol. The molecule has 1 aliphatic rings. The summed E-state index contributed by atoms with van der Waals surface area (Å²) in [4.78, 5) is 25.7. The second-order valence-corrected chi connectivity index (χ2v) is 7.44. The number of carbonyl (C=O) groups excluding carboxylic acids is 1. The number of nitrogens with one attached hydrogen (secondary N) is 2. The molecule has 0 bridgehead atoms. The van der Waals surface area contributed by atoms with Gasteiger partial charge in [-0.05, 0) is 68.1 Å².